The van der Waals surface area contributed by atoms with Crippen LogP contribution in [0, 0.1) is 11.8 Å². The lowest BCUT2D eigenvalue weighted by atomic mass is 9.88. The third kappa shape index (κ3) is 3.04. The lowest BCUT2D eigenvalue weighted by Gasteiger charge is -2.34. The van der Waals surface area contributed by atoms with E-state index >= 15 is 0 Å². The largest absolute Gasteiger partial charge is 0.504 e. The van der Waals surface area contributed by atoms with Gasteiger partial charge in [-0.1, -0.05) is 13.0 Å². The van der Waals surface area contributed by atoms with E-state index in [0.29, 0.717) is 18.2 Å². The summed E-state index contributed by atoms with van der Waals surface area (Å²) in [7, 11) is 3.32. The number of benzene rings is 1. The summed E-state index contributed by atoms with van der Waals surface area (Å²) in [6.07, 6.45) is 0. The predicted octanol–water partition coefficient (Wildman–Crippen LogP) is 1.21. The first-order valence-electron chi connectivity index (χ1n) is 6.84. The first kappa shape index (κ1) is 14.7. The van der Waals surface area contributed by atoms with Crippen molar-refractivity contribution in [3.05, 3.63) is 23.8 Å². The maximum atomic E-state index is 12.3. The zero-order chi connectivity index (χ0) is 14.7. The first-order valence-corrected chi connectivity index (χ1v) is 6.84. The van der Waals surface area contributed by atoms with Crippen LogP contribution in [0.25, 0.3) is 0 Å². The van der Waals surface area contributed by atoms with E-state index in [9.17, 15) is 9.90 Å². The van der Waals surface area contributed by atoms with Crippen LogP contribution in [0.15, 0.2) is 18.2 Å². The molecule has 5 heteroatoms. The number of rotatable bonds is 5. The Balaban J connectivity index is 1.99. The van der Waals surface area contributed by atoms with Crippen LogP contribution < -0.4 is 10.1 Å². The van der Waals surface area contributed by atoms with Crippen molar-refractivity contribution in [2.24, 2.45) is 11.8 Å². The van der Waals surface area contributed by atoms with E-state index in [4.69, 9.17) is 4.74 Å². The Morgan fingerprint density at radius 1 is 1.55 bits per heavy atom. The molecule has 0 radical (unpaired) electrons. The summed E-state index contributed by atoms with van der Waals surface area (Å²) in [6.45, 7) is 4.35. The number of ether oxygens (including phenoxy) is 1. The summed E-state index contributed by atoms with van der Waals surface area (Å²) in [5, 5.41) is 12.8. The van der Waals surface area contributed by atoms with Crippen LogP contribution in [0.3, 0.4) is 0 Å². The molecule has 0 saturated carbocycles. The molecule has 1 heterocycles. The van der Waals surface area contributed by atoms with Crippen molar-refractivity contribution in [3.63, 3.8) is 0 Å². The van der Waals surface area contributed by atoms with Crippen LogP contribution in [-0.4, -0.2) is 43.2 Å². The van der Waals surface area contributed by atoms with Crippen molar-refractivity contribution >= 4 is 5.91 Å². The standard InChI is InChI=1S/C15H22N2O3/c1-10(12-7-16-8-12)15(19)17(2)9-11-4-5-13(18)14(6-11)20-3/h4-6,10,12,16,18H,7-9H2,1-3H3. The average Bonchev–Trinajstić information content (AvgIpc) is 2.37. The minimum absolute atomic E-state index is 0.0419. The highest BCUT2D eigenvalue weighted by Gasteiger charge is 2.30. The number of aromatic hydroxyl groups is 1. The van der Waals surface area contributed by atoms with Crippen LogP contribution in [-0.2, 0) is 11.3 Å². The van der Waals surface area contributed by atoms with Crippen LogP contribution in [0.1, 0.15) is 12.5 Å². The Morgan fingerprint density at radius 3 is 2.80 bits per heavy atom. The Labute approximate surface area is 119 Å². The van der Waals surface area contributed by atoms with Crippen molar-refractivity contribution in [3.8, 4) is 11.5 Å². The van der Waals surface area contributed by atoms with E-state index in [1.807, 2.05) is 14.0 Å². The predicted molar refractivity (Wildman–Crippen MR) is 76.7 cm³/mol. The molecule has 1 aliphatic rings. The molecule has 110 valence electrons. The molecule has 1 unspecified atom stereocenters. The minimum atomic E-state index is 0.0419. The molecule has 1 aromatic carbocycles. The molecular weight excluding hydrogens is 256 g/mol. The maximum absolute atomic E-state index is 12.3. The molecule has 20 heavy (non-hydrogen) atoms. The molecule has 0 aliphatic carbocycles. The minimum Gasteiger partial charge on any atom is -0.504 e. The van der Waals surface area contributed by atoms with E-state index in [1.165, 1.54) is 7.11 Å². The van der Waals surface area contributed by atoms with Crippen molar-refractivity contribution in [2.75, 3.05) is 27.2 Å². The van der Waals surface area contributed by atoms with Gasteiger partial charge in [-0.05, 0) is 36.7 Å². The van der Waals surface area contributed by atoms with Gasteiger partial charge >= 0.3 is 0 Å². The smallest absolute Gasteiger partial charge is 0.225 e. The normalized spacial score (nSPS) is 16.4. The molecule has 2 N–H and O–H groups in total. The van der Waals surface area contributed by atoms with Gasteiger partial charge in [0, 0.05) is 19.5 Å². The third-order valence-electron chi connectivity index (χ3n) is 3.95. The molecule has 0 spiro atoms. The van der Waals surface area contributed by atoms with Gasteiger partial charge in [0.2, 0.25) is 5.91 Å². The number of nitrogens with zero attached hydrogens (tertiary/aromatic N) is 1. The monoisotopic (exact) mass is 278 g/mol. The topological polar surface area (TPSA) is 61.8 Å². The fourth-order valence-electron chi connectivity index (χ4n) is 2.39. The van der Waals surface area contributed by atoms with Gasteiger partial charge in [-0.2, -0.15) is 0 Å². The highest BCUT2D eigenvalue weighted by molar-refractivity contribution is 5.78. The molecule has 0 aromatic heterocycles. The van der Waals surface area contributed by atoms with Gasteiger partial charge in [0.25, 0.3) is 0 Å². The second-order valence-electron chi connectivity index (χ2n) is 5.41. The number of phenolic OH excluding ortho intramolecular Hbond substituents is 1. The molecule has 1 aliphatic heterocycles. The average molecular weight is 278 g/mol. The summed E-state index contributed by atoms with van der Waals surface area (Å²) >= 11 is 0. The second-order valence-corrected chi connectivity index (χ2v) is 5.41. The highest BCUT2D eigenvalue weighted by atomic mass is 16.5. The van der Waals surface area contributed by atoms with E-state index in [2.05, 4.69) is 5.32 Å². The molecule has 1 saturated heterocycles. The zero-order valence-corrected chi connectivity index (χ0v) is 12.2. The Bertz CT molecular complexity index is 486. The number of phenols is 1. The van der Waals surface area contributed by atoms with Gasteiger partial charge in [-0.15, -0.1) is 0 Å². The lowest BCUT2D eigenvalue weighted by molar-refractivity contribution is -0.136. The number of methoxy groups -OCH3 is 1. The van der Waals surface area contributed by atoms with Gasteiger partial charge in [0.1, 0.15) is 0 Å². The number of carbonyl (C=O) groups excluding carboxylic acids is 1. The summed E-state index contributed by atoms with van der Waals surface area (Å²) in [6, 6.07) is 5.15. The fourth-order valence-corrected chi connectivity index (χ4v) is 2.39. The summed E-state index contributed by atoms with van der Waals surface area (Å²) in [5.74, 6) is 1.18. The number of nitrogens with one attached hydrogen (secondary N) is 1. The van der Waals surface area contributed by atoms with E-state index < -0.39 is 0 Å². The molecule has 2 rings (SSSR count). The van der Waals surface area contributed by atoms with Gasteiger partial charge in [-0.25, -0.2) is 0 Å². The Hall–Kier alpha value is -1.75. The lowest BCUT2D eigenvalue weighted by Crippen LogP contribution is -2.49. The molecule has 5 nitrogen and oxygen atoms in total. The molecular formula is C15H22N2O3. The van der Waals surface area contributed by atoms with Gasteiger partial charge in [0.05, 0.1) is 7.11 Å². The molecule has 1 fully saturated rings. The van der Waals surface area contributed by atoms with Gasteiger partial charge in [-0.3, -0.25) is 4.79 Å². The van der Waals surface area contributed by atoms with Crippen LogP contribution >= 0.6 is 0 Å². The molecule has 1 aromatic rings. The van der Waals surface area contributed by atoms with Gasteiger partial charge in [0.15, 0.2) is 11.5 Å². The van der Waals surface area contributed by atoms with E-state index in [0.717, 1.165) is 18.7 Å². The molecule has 1 atom stereocenters. The van der Waals surface area contributed by atoms with Crippen molar-refractivity contribution in [2.45, 2.75) is 13.5 Å². The van der Waals surface area contributed by atoms with Crippen LogP contribution in [0.5, 0.6) is 11.5 Å². The second kappa shape index (κ2) is 6.13. The Morgan fingerprint density at radius 2 is 2.25 bits per heavy atom. The SMILES string of the molecule is COc1cc(CN(C)C(=O)C(C)C2CNC2)ccc1O. The summed E-state index contributed by atoms with van der Waals surface area (Å²) in [5.41, 5.74) is 0.939. The fraction of sp³-hybridized carbons (Fsp3) is 0.533. The van der Waals surface area contributed by atoms with Crippen LogP contribution in [0.2, 0.25) is 0 Å². The highest BCUT2D eigenvalue weighted by Crippen LogP contribution is 2.27. The van der Waals surface area contributed by atoms with Crippen molar-refractivity contribution in [1.82, 2.24) is 10.2 Å². The number of amides is 1. The van der Waals surface area contributed by atoms with Crippen molar-refractivity contribution in [1.29, 1.82) is 0 Å². The number of hydrogen-bond acceptors (Lipinski definition) is 4. The van der Waals surface area contributed by atoms with E-state index in [1.54, 1.807) is 23.1 Å². The first-order chi connectivity index (χ1) is 9.52. The maximum Gasteiger partial charge on any atom is 0.225 e. The molecule has 1 amide bonds. The molecule has 0 bridgehead atoms. The van der Waals surface area contributed by atoms with E-state index in [-0.39, 0.29) is 17.6 Å². The van der Waals surface area contributed by atoms with Crippen LogP contribution in [0.4, 0.5) is 0 Å². The summed E-state index contributed by atoms with van der Waals surface area (Å²) in [4.78, 5) is 14.1. The number of carbonyl (C=O) groups is 1. The quantitative estimate of drug-likeness (QED) is 0.850. The van der Waals surface area contributed by atoms with Crippen molar-refractivity contribution < 1.29 is 14.6 Å². The Kier molecular flexibility index (Phi) is 4.49. The van der Waals surface area contributed by atoms with Gasteiger partial charge < -0.3 is 20.1 Å². The number of hydrogen-bond donors (Lipinski definition) is 2. The third-order valence-corrected chi connectivity index (χ3v) is 3.95. The zero-order valence-electron chi connectivity index (χ0n) is 12.2. The summed E-state index contributed by atoms with van der Waals surface area (Å²) < 4.78 is 5.08.